The number of ether oxygens (including phenoxy) is 2. The van der Waals surface area contributed by atoms with Gasteiger partial charge in [-0.1, -0.05) is 26.8 Å². The van der Waals surface area contributed by atoms with Crippen LogP contribution in [0, 0.1) is 32.6 Å². The summed E-state index contributed by atoms with van der Waals surface area (Å²) in [5, 5.41) is 0. The van der Waals surface area contributed by atoms with E-state index in [0.717, 1.165) is 16.9 Å². The van der Waals surface area contributed by atoms with Crippen molar-refractivity contribution in [3.63, 3.8) is 0 Å². The molecular weight excluding hydrogens is 641 g/mol. The first kappa shape index (κ1) is 26.8. The maximum Gasteiger partial charge on any atom is 0.216 e. The predicted molar refractivity (Wildman–Crippen MR) is 144 cm³/mol. The standard InChI is InChI=1S/C31H30N3O2.Pt/c1-21-15-28-29(16-22(21)2)34(20-33(28)6)24-9-7-10-25(18-24)35-26-11-8-12-27(19-26)36-30-17-23(13-14-32-30)31(3,4)5;/h7-17,20H,1-6H3;/q-3;. The number of hydrogen-bond donors (Lipinski definition) is 0. The molecule has 194 valence electrons. The SMILES string of the molecule is Cc1cc2c(cc1C)N(c1[c-]c(Oc3[c-]c(Oc4cc(C(C)(C)C)ccn4)ccc3)ccc1)[CH-]N2C.[Pt]. The van der Waals surface area contributed by atoms with E-state index in [4.69, 9.17) is 9.47 Å². The molecule has 4 aromatic rings. The number of hydrogen-bond acceptors (Lipinski definition) is 5. The van der Waals surface area contributed by atoms with Gasteiger partial charge in [0.15, 0.2) is 0 Å². The maximum absolute atomic E-state index is 6.13. The average molecular weight is 672 g/mol. The number of fused-ring (bicyclic) bond motifs is 1. The van der Waals surface area contributed by atoms with E-state index in [1.54, 1.807) is 6.20 Å². The molecule has 0 unspecified atom stereocenters. The number of pyridine rings is 1. The zero-order valence-electron chi connectivity index (χ0n) is 21.9. The van der Waals surface area contributed by atoms with E-state index in [1.165, 1.54) is 16.8 Å². The van der Waals surface area contributed by atoms with Gasteiger partial charge >= 0.3 is 0 Å². The van der Waals surface area contributed by atoms with Crippen molar-refractivity contribution in [2.45, 2.75) is 40.0 Å². The van der Waals surface area contributed by atoms with Gasteiger partial charge in [-0.3, -0.25) is 0 Å². The number of rotatable bonds is 5. The molecule has 1 aliphatic rings. The van der Waals surface area contributed by atoms with Gasteiger partial charge in [0, 0.05) is 62.0 Å². The van der Waals surface area contributed by atoms with E-state index >= 15 is 0 Å². The second-order valence-corrected chi connectivity index (χ2v) is 10.1. The van der Waals surface area contributed by atoms with Gasteiger partial charge in [-0.05, 0) is 61.2 Å². The van der Waals surface area contributed by atoms with Crippen LogP contribution >= 0.6 is 0 Å². The molecular formula is C31H30N3O2Pt-3. The van der Waals surface area contributed by atoms with Crippen LogP contribution in [0.5, 0.6) is 23.1 Å². The molecule has 0 bridgehead atoms. The molecule has 6 heteroatoms. The summed E-state index contributed by atoms with van der Waals surface area (Å²) in [5.41, 5.74) is 6.88. The summed E-state index contributed by atoms with van der Waals surface area (Å²) in [7, 11) is 2.06. The fourth-order valence-corrected chi connectivity index (χ4v) is 4.10. The van der Waals surface area contributed by atoms with Crippen molar-refractivity contribution < 1.29 is 30.5 Å². The van der Waals surface area contributed by atoms with E-state index in [0.29, 0.717) is 23.1 Å². The fourth-order valence-electron chi connectivity index (χ4n) is 4.10. The molecule has 0 atom stereocenters. The van der Waals surface area contributed by atoms with Gasteiger partial charge < -0.3 is 19.3 Å². The van der Waals surface area contributed by atoms with E-state index in [1.807, 2.05) is 48.5 Å². The van der Waals surface area contributed by atoms with E-state index in [9.17, 15) is 0 Å². The van der Waals surface area contributed by atoms with Crippen LogP contribution in [0.1, 0.15) is 37.5 Å². The maximum atomic E-state index is 6.13. The molecule has 5 rings (SSSR count). The summed E-state index contributed by atoms with van der Waals surface area (Å²) in [5.74, 6) is 2.21. The van der Waals surface area contributed by atoms with Crippen LogP contribution in [0.3, 0.4) is 0 Å². The van der Waals surface area contributed by atoms with Crippen LogP contribution in [-0.4, -0.2) is 12.0 Å². The van der Waals surface area contributed by atoms with Gasteiger partial charge in [-0.25, -0.2) is 4.98 Å². The summed E-state index contributed by atoms with van der Waals surface area (Å²) >= 11 is 0. The molecule has 2 heterocycles. The zero-order chi connectivity index (χ0) is 25.4. The number of aromatic nitrogens is 1. The number of benzene rings is 3. The summed E-state index contributed by atoms with van der Waals surface area (Å²) in [6.07, 6.45) is 1.77. The van der Waals surface area contributed by atoms with Crippen molar-refractivity contribution in [3.05, 3.63) is 102 Å². The average Bonchev–Trinajstić information content (AvgIpc) is 3.15. The minimum Gasteiger partial charge on any atom is -0.509 e. The van der Waals surface area contributed by atoms with Crippen LogP contribution in [0.2, 0.25) is 0 Å². The first-order chi connectivity index (χ1) is 17.2. The van der Waals surface area contributed by atoms with Gasteiger partial charge in [-0.15, -0.1) is 36.0 Å². The van der Waals surface area contributed by atoms with E-state index in [2.05, 4.69) is 87.4 Å². The van der Waals surface area contributed by atoms with Crippen molar-refractivity contribution >= 4 is 17.1 Å². The molecule has 1 aliphatic heterocycles. The van der Waals surface area contributed by atoms with Crippen molar-refractivity contribution in [1.82, 2.24) is 4.98 Å². The first-order valence-electron chi connectivity index (χ1n) is 12.0. The topological polar surface area (TPSA) is 37.8 Å². The second kappa shape index (κ2) is 10.6. The Bertz CT molecular complexity index is 1410. The molecule has 3 aromatic carbocycles. The van der Waals surface area contributed by atoms with Gasteiger partial charge in [0.25, 0.3) is 0 Å². The molecule has 0 aliphatic carbocycles. The Kier molecular flexibility index (Phi) is 7.66. The quantitative estimate of drug-likeness (QED) is 0.202. The molecule has 0 radical (unpaired) electrons. The fraction of sp³-hybridized carbons (Fsp3) is 0.226. The molecule has 37 heavy (non-hydrogen) atoms. The minimum absolute atomic E-state index is 0. The zero-order valence-corrected chi connectivity index (χ0v) is 24.2. The third kappa shape index (κ3) is 5.83. The van der Waals surface area contributed by atoms with Crippen LogP contribution < -0.4 is 19.3 Å². The third-order valence-corrected chi connectivity index (χ3v) is 6.31. The van der Waals surface area contributed by atoms with Crippen LogP contribution in [-0.2, 0) is 26.5 Å². The molecule has 0 spiro atoms. The molecule has 0 amide bonds. The normalized spacial score (nSPS) is 12.7. The summed E-state index contributed by atoms with van der Waals surface area (Å²) in [6.45, 7) is 12.8. The van der Waals surface area contributed by atoms with Gasteiger partial charge in [0.2, 0.25) is 5.88 Å². The van der Waals surface area contributed by atoms with E-state index in [-0.39, 0.29) is 26.5 Å². The van der Waals surface area contributed by atoms with Gasteiger partial charge in [0.1, 0.15) is 0 Å². The van der Waals surface area contributed by atoms with Crippen LogP contribution in [0.4, 0.5) is 17.1 Å². The van der Waals surface area contributed by atoms with Crippen molar-refractivity contribution in [3.8, 4) is 23.1 Å². The van der Waals surface area contributed by atoms with Crippen molar-refractivity contribution in [2.24, 2.45) is 0 Å². The molecule has 0 saturated heterocycles. The summed E-state index contributed by atoms with van der Waals surface area (Å²) < 4.78 is 12.1. The van der Waals surface area contributed by atoms with Crippen LogP contribution in [0.25, 0.3) is 0 Å². The Morgan fingerprint density at radius 1 is 0.811 bits per heavy atom. The Morgan fingerprint density at radius 2 is 1.43 bits per heavy atom. The van der Waals surface area contributed by atoms with E-state index < -0.39 is 0 Å². The minimum atomic E-state index is 0. The second-order valence-electron chi connectivity index (χ2n) is 10.1. The Morgan fingerprint density at radius 3 is 2.14 bits per heavy atom. The Labute approximate surface area is 234 Å². The molecule has 0 saturated carbocycles. The van der Waals surface area contributed by atoms with Gasteiger partial charge in [0.05, 0.1) is 0 Å². The number of anilines is 3. The van der Waals surface area contributed by atoms with Crippen molar-refractivity contribution in [2.75, 3.05) is 16.8 Å². The largest absolute Gasteiger partial charge is 0.509 e. The predicted octanol–water partition coefficient (Wildman–Crippen LogP) is 7.89. The first-order valence-corrected chi connectivity index (χ1v) is 12.0. The molecule has 5 nitrogen and oxygen atoms in total. The third-order valence-electron chi connectivity index (χ3n) is 6.31. The smallest absolute Gasteiger partial charge is 0.216 e. The van der Waals surface area contributed by atoms with Crippen molar-refractivity contribution in [1.29, 1.82) is 0 Å². The molecule has 1 aromatic heterocycles. The Hall–Kier alpha value is -3.30. The monoisotopic (exact) mass is 671 g/mol. The summed E-state index contributed by atoms with van der Waals surface area (Å²) in [4.78, 5) is 8.61. The number of aryl methyl sites for hydroxylation is 2. The summed E-state index contributed by atoms with van der Waals surface area (Å²) in [6, 6.07) is 26.4. The molecule has 0 fully saturated rings. The van der Waals surface area contributed by atoms with Crippen LogP contribution in [0.15, 0.2) is 66.9 Å². The van der Waals surface area contributed by atoms with Gasteiger partial charge in [-0.2, -0.15) is 18.8 Å². The molecule has 0 N–H and O–H groups in total. The number of nitrogens with zero attached hydrogens (tertiary/aromatic N) is 3. The Balaban J connectivity index is 0.00000320.